The van der Waals surface area contributed by atoms with E-state index in [4.69, 9.17) is 9.47 Å². The number of anilines is 1. The Morgan fingerprint density at radius 1 is 0.935 bits per heavy atom. The number of benzene rings is 2. The minimum absolute atomic E-state index is 0.0163. The van der Waals surface area contributed by atoms with Crippen LogP contribution in [0.5, 0.6) is 5.75 Å². The highest BCUT2D eigenvalue weighted by Crippen LogP contribution is 2.25. The Hall–Kier alpha value is -3.68. The van der Waals surface area contributed by atoms with Gasteiger partial charge in [0.15, 0.2) is 13.2 Å². The number of carbonyl (C=O) groups excluding carboxylic acids is 4. The third kappa shape index (κ3) is 5.09. The van der Waals surface area contributed by atoms with Gasteiger partial charge in [-0.15, -0.1) is 0 Å². The summed E-state index contributed by atoms with van der Waals surface area (Å²) < 4.78 is 10.3. The fourth-order valence-electron chi connectivity index (χ4n) is 3.02. The molecule has 3 amide bonds. The van der Waals surface area contributed by atoms with Gasteiger partial charge in [0.1, 0.15) is 5.75 Å². The van der Waals surface area contributed by atoms with Crippen molar-refractivity contribution >= 4 is 29.4 Å². The van der Waals surface area contributed by atoms with Crippen molar-refractivity contribution in [3.05, 3.63) is 59.2 Å². The highest BCUT2D eigenvalue weighted by atomic mass is 16.6. The molecule has 0 aromatic heterocycles. The lowest BCUT2D eigenvalue weighted by molar-refractivity contribution is -0.149. The van der Waals surface area contributed by atoms with Crippen LogP contribution in [0.4, 0.5) is 5.69 Å². The molecule has 0 spiro atoms. The maximum Gasteiger partial charge on any atom is 0.344 e. The molecular formula is C23H24N2O6. The van der Waals surface area contributed by atoms with E-state index < -0.39 is 24.4 Å². The molecule has 0 fully saturated rings. The first-order chi connectivity index (χ1) is 14.6. The van der Waals surface area contributed by atoms with Gasteiger partial charge < -0.3 is 14.8 Å². The summed E-state index contributed by atoms with van der Waals surface area (Å²) in [7, 11) is 1.39. The zero-order chi connectivity index (χ0) is 22.8. The number of hydrogen-bond acceptors (Lipinski definition) is 6. The molecule has 3 rings (SSSR count). The molecule has 1 aliphatic heterocycles. The molecule has 1 aliphatic rings. The Labute approximate surface area is 180 Å². The van der Waals surface area contributed by atoms with Gasteiger partial charge in [0.25, 0.3) is 17.7 Å². The van der Waals surface area contributed by atoms with Gasteiger partial charge >= 0.3 is 5.97 Å². The molecule has 0 unspecified atom stereocenters. The average Bonchev–Trinajstić information content (AvgIpc) is 2.94. The Morgan fingerprint density at radius 3 is 2.23 bits per heavy atom. The Bertz CT molecular complexity index is 1040. The first kappa shape index (κ1) is 22.0. The molecule has 8 nitrogen and oxygen atoms in total. The zero-order valence-electron chi connectivity index (χ0n) is 17.9. The Morgan fingerprint density at radius 2 is 1.58 bits per heavy atom. The number of amides is 3. The Balaban J connectivity index is 1.46. The number of fused-ring (bicyclic) bond motifs is 1. The molecule has 8 heteroatoms. The van der Waals surface area contributed by atoms with Crippen molar-refractivity contribution in [3.8, 4) is 5.75 Å². The van der Waals surface area contributed by atoms with Crippen LogP contribution in [0.1, 0.15) is 47.1 Å². The summed E-state index contributed by atoms with van der Waals surface area (Å²) >= 11 is 0. The molecule has 2 aromatic carbocycles. The molecular weight excluding hydrogens is 400 g/mol. The van der Waals surface area contributed by atoms with Gasteiger partial charge in [-0.05, 0) is 41.3 Å². The second kappa shape index (κ2) is 8.59. The van der Waals surface area contributed by atoms with Gasteiger partial charge in [-0.2, -0.15) is 0 Å². The maximum absolute atomic E-state index is 12.0. The van der Waals surface area contributed by atoms with Crippen molar-refractivity contribution in [1.82, 2.24) is 4.90 Å². The highest BCUT2D eigenvalue weighted by Gasteiger charge is 2.32. The van der Waals surface area contributed by atoms with E-state index in [-0.39, 0.29) is 29.1 Å². The van der Waals surface area contributed by atoms with E-state index in [2.05, 4.69) is 26.1 Å². The van der Waals surface area contributed by atoms with Crippen LogP contribution >= 0.6 is 0 Å². The predicted molar refractivity (Wildman–Crippen MR) is 113 cm³/mol. The molecule has 2 aromatic rings. The summed E-state index contributed by atoms with van der Waals surface area (Å²) in [4.78, 5) is 48.8. The van der Waals surface area contributed by atoms with Crippen LogP contribution in [0.15, 0.2) is 42.5 Å². The summed E-state index contributed by atoms with van der Waals surface area (Å²) in [6.07, 6.45) is 0. The number of esters is 1. The lowest BCUT2D eigenvalue weighted by atomic mass is 9.87. The van der Waals surface area contributed by atoms with Crippen molar-refractivity contribution < 1.29 is 28.7 Å². The van der Waals surface area contributed by atoms with Crippen molar-refractivity contribution in [2.24, 2.45) is 0 Å². The summed E-state index contributed by atoms with van der Waals surface area (Å²) in [5.41, 5.74) is 1.98. The molecule has 1 heterocycles. The fourth-order valence-corrected chi connectivity index (χ4v) is 3.02. The minimum atomic E-state index is -0.689. The van der Waals surface area contributed by atoms with Gasteiger partial charge in [-0.3, -0.25) is 19.3 Å². The molecule has 0 saturated heterocycles. The topological polar surface area (TPSA) is 102 Å². The second-order valence-electron chi connectivity index (χ2n) is 8.20. The van der Waals surface area contributed by atoms with E-state index >= 15 is 0 Å². The van der Waals surface area contributed by atoms with E-state index in [0.29, 0.717) is 11.4 Å². The number of ether oxygens (including phenoxy) is 2. The van der Waals surface area contributed by atoms with Crippen molar-refractivity contribution in [2.45, 2.75) is 26.2 Å². The largest absolute Gasteiger partial charge is 0.482 e. The fraction of sp³-hybridized carbons (Fsp3) is 0.304. The number of carbonyl (C=O) groups is 4. The standard InChI is InChI=1S/C23H24N2O6/c1-23(2,3)14-5-8-16(9-6-14)30-13-20(27)31-12-19(26)24-15-7-10-17-18(11-15)22(29)25(4)21(17)28/h5-11H,12-13H2,1-4H3,(H,24,26). The van der Waals surface area contributed by atoms with Gasteiger partial charge in [0.2, 0.25) is 0 Å². The van der Waals surface area contributed by atoms with Crippen LogP contribution < -0.4 is 10.1 Å². The third-order valence-electron chi connectivity index (χ3n) is 4.81. The van der Waals surface area contributed by atoms with Crippen LogP contribution in [-0.2, 0) is 19.7 Å². The zero-order valence-corrected chi connectivity index (χ0v) is 17.9. The smallest absolute Gasteiger partial charge is 0.344 e. The van der Waals surface area contributed by atoms with Crippen LogP contribution in [-0.4, -0.2) is 48.9 Å². The second-order valence-corrected chi connectivity index (χ2v) is 8.20. The molecule has 0 aliphatic carbocycles. The average molecular weight is 424 g/mol. The number of nitrogens with one attached hydrogen (secondary N) is 1. The number of imide groups is 1. The molecule has 31 heavy (non-hydrogen) atoms. The van der Waals surface area contributed by atoms with Crippen LogP contribution in [0, 0.1) is 0 Å². The van der Waals surface area contributed by atoms with E-state index in [0.717, 1.165) is 10.5 Å². The van der Waals surface area contributed by atoms with Crippen LogP contribution in [0.2, 0.25) is 0 Å². The molecule has 0 radical (unpaired) electrons. The number of nitrogens with zero attached hydrogens (tertiary/aromatic N) is 1. The summed E-state index contributed by atoms with van der Waals surface area (Å²) in [6, 6.07) is 11.8. The van der Waals surface area contributed by atoms with Gasteiger partial charge in [-0.25, -0.2) is 4.79 Å². The van der Waals surface area contributed by atoms with Crippen molar-refractivity contribution in [2.75, 3.05) is 25.6 Å². The normalized spacial score (nSPS) is 13.1. The molecule has 0 bridgehead atoms. The maximum atomic E-state index is 12.0. The quantitative estimate of drug-likeness (QED) is 0.565. The third-order valence-corrected chi connectivity index (χ3v) is 4.81. The predicted octanol–water partition coefficient (Wildman–Crippen LogP) is 2.77. The van der Waals surface area contributed by atoms with Gasteiger partial charge in [0.05, 0.1) is 11.1 Å². The highest BCUT2D eigenvalue weighted by molar-refractivity contribution is 6.21. The lowest BCUT2D eigenvalue weighted by Crippen LogP contribution is -2.24. The first-order valence-electron chi connectivity index (χ1n) is 9.71. The van der Waals surface area contributed by atoms with Crippen molar-refractivity contribution in [1.29, 1.82) is 0 Å². The molecule has 0 saturated carbocycles. The minimum Gasteiger partial charge on any atom is -0.482 e. The van der Waals surface area contributed by atoms with E-state index in [9.17, 15) is 19.2 Å². The van der Waals surface area contributed by atoms with E-state index in [1.54, 1.807) is 12.1 Å². The van der Waals surface area contributed by atoms with Crippen molar-refractivity contribution in [3.63, 3.8) is 0 Å². The monoisotopic (exact) mass is 424 g/mol. The molecule has 0 atom stereocenters. The Kier molecular flexibility index (Phi) is 6.10. The molecule has 1 N–H and O–H groups in total. The number of hydrogen-bond donors (Lipinski definition) is 1. The number of rotatable bonds is 6. The lowest BCUT2D eigenvalue weighted by Gasteiger charge is -2.19. The molecule has 162 valence electrons. The first-order valence-corrected chi connectivity index (χ1v) is 9.71. The van der Waals surface area contributed by atoms with Gasteiger partial charge in [0, 0.05) is 12.7 Å². The van der Waals surface area contributed by atoms with E-state index in [1.807, 2.05) is 12.1 Å². The SMILES string of the molecule is CN1C(=O)c2ccc(NC(=O)COC(=O)COc3ccc(C(C)(C)C)cc3)cc2C1=O. The summed E-state index contributed by atoms with van der Waals surface area (Å²) in [6.45, 7) is 5.47. The van der Waals surface area contributed by atoms with Crippen LogP contribution in [0.25, 0.3) is 0 Å². The van der Waals surface area contributed by atoms with Gasteiger partial charge in [-0.1, -0.05) is 32.9 Å². The van der Waals surface area contributed by atoms with Crippen LogP contribution in [0.3, 0.4) is 0 Å². The summed E-state index contributed by atoms with van der Waals surface area (Å²) in [5.74, 6) is -1.56. The van der Waals surface area contributed by atoms with E-state index in [1.165, 1.54) is 25.2 Å². The summed E-state index contributed by atoms with van der Waals surface area (Å²) in [5, 5.41) is 2.53.